The van der Waals surface area contributed by atoms with E-state index in [9.17, 15) is 9.59 Å². The molecule has 1 aliphatic heterocycles. The summed E-state index contributed by atoms with van der Waals surface area (Å²) >= 11 is 0. The van der Waals surface area contributed by atoms with Crippen LogP contribution in [0.25, 0.3) is 0 Å². The van der Waals surface area contributed by atoms with Gasteiger partial charge in [-0.1, -0.05) is 25.1 Å². The second-order valence-electron chi connectivity index (χ2n) is 5.14. The van der Waals surface area contributed by atoms with E-state index >= 15 is 0 Å². The molecular formula is C16H21N3O3. The van der Waals surface area contributed by atoms with Crippen LogP contribution in [0.15, 0.2) is 29.4 Å². The number of hydrogen-bond acceptors (Lipinski definition) is 4. The number of amides is 2. The first-order valence-corrected chi connectivity index (χ1v) is 7.34. The molecule has 0 unspecified atom stereocenters. The Labute approximate surface area is 130 Å². The van der Waals surface area contributed by atoms with Gasteiger partial charge in [0.05, 0.1) is 13.2 Å². The Kier molecular flexibility index (Phi) is 5.14. The fourth-order valence-electron chi connectivity index (χ4n) is 2.43. The first-order chi connectivity index (χ1) is 10.6. The molecule has 1 aromatic carbocycles. The Morgan fingerprint density at radius 2 is 2.14 bits per heavy atom. The average Bonchev–Trinajstić information content (AvgIpc) is 2.54. The first-order valence-electron chi connectivity index (χ1n) is 7.34. The van der Waals surface area contributed by atoms with Crippen molar-refractivity contribution in [3.05, 3.63) is 29.8 Å². The van der Waals surface area contributed by atoms with Crippen LogP contribution in [0.1, 0.15) is 37.8 Å². The third-order valence-corrected chi connectivity index (χ3v) is 3.70. The van der Waals surface area contributed by atoms with Gasteiger partial charge in [-0.3, -0.25) is 9.59 Å². The maximum atomic E-state index is 12.4. The highest BCUT2D eigenvalue weighted by molar-refractivity contribution is 6.39. The van der Waals surface area contributed by atoms with Crippen molar-refractivity contribution in [3.63, 3.8) is 0 Å². The van der Waals surface area contributed by atoms with Crippen molar-refractivity contribution in [1.29, 1.82) is 0 Å². The van der Waals surface area contributed by atoms with Gasteiger partial charge in [-0.25, -0.2) is 5.01 Å². The van der Waals surface area contributed by atoms with Crippen LogP contribution in [0.2, 0.25) is 0 Å². The van der Waals surface area contributed by atoms with Crippen molar-refractivity contribution < 1.29 is 14.3 Å². The molecule has 1 aliphatic rings. The Balaban J connectivity index is 2.15. The van der Waals surface area contributed by atoms with Crippen molar-refractivity contribution in [3.8, 4) is 5.75 Å². The molecule has 0 saturated carbocycles. The molecular weight excluding hydrogens is 282 g/mol. The van der Waals surface area contributed by atoms with E-state index in [-0.39, 0.29) is 17.9 Å². The zero-order chi connectivity index (χ0) is 16.1. The van der Waals surface area contributed by atoms with Gasteiger partial charge in [0.2, 0.25) is 5.91 Å². The minimum Gasteiger partial charge on any atom is -0.496 e. The van der Waals surface area contributed by atoms with Gasteiger partial charge in [0.25, 0.3) is 5.91 Å². The molecule has 6 nitrogen and oxygen atoms in total. The van der Waals surface area contributed by atoms with Crippen molar-refractivity contribution in [2.45, 2.75) is 32.2 Å². The molecule has 0 saturated heterocycles. The van der Waals surface area contributed by atoms with Gasteiger partial charge < -0.3 is 10.1 Å². The monoisotopic (exact) mass is 303 g/mol. The molecule has 1 heterocycles. The number of carbonyl (C=O) groups excluding carboxylic acids is 2. The van der Waals surface area contributed by atoms with Crippen molar-refractivity contribution in [2.75, 3.05) is 14.2 Å². The zero-order valence-electron chi connectivity index (χ0n) is 13.1. The van der Waals surface area contributed by atoms with E-state index in [1.54, 1.807) is 14.2 Å². The molecule has 0 bridgehead atoms. The maximum absolute atomic E-state index is 12.4. The molecule has 1 atom stereocenters. The van der Waals surface area contributed by atoms with Crippen molar-refractivity contribution in [1.82, 2.24) is 10.3 Å². The van der Waals surface area contributed by atoms with E-state index < -0.39 is 0 Å². The summed E-state index contributed by atoms with van der Waals surface area (Å²) in [6.07, 6.45) is 1.42. The summed E-state index contributed by atoms with van der Waals surface area (Å²) in [5.74, 6) is 0.429. The largest absolute Gasteiger partial charge is 0.496 e. The number of carbonyl (C=O) groups is 2. The number of benzene rings is 1. The van der Waals surface area contributed by atoms with E-state index in [4.69, 9.17) is 4.74 Å². The summed E-state index contributed by atoms with van der Waals surface area (Å²) in [6, 6.07) is 7.45. The second-order valence-corrected chi connectivity index (χ2v) is 5.14. The van der Waals surface area contributed by atoms with Crippen LogP contribution in [0, 0.1) is 0 Å². The second kappa shape index (κ2) is 7.06. The fraction of sp³-hybridized carbons (Fsp3) is 0.438. The lowest BCUT2D eigenvalue weighted by Gasteiger charge is -2.23. The van der Waals surface area contributed by atoms with Crippen LogP contribution in [0.5, 0.6) is 5.75 Å². The van der Waals surface area contributed by atoms with Crippen LogP contribution >= 0.6 is 0 Å². The molecule has 1 aromatic rings. The number of nitrogens with one attached hydrogen (secondary N) is 1. The van der Waals surface area contributed by atoms with Gasteiger partial charge in [-0.2, -0.15) is 5.10 Å². The molecule has 2 rings (SSSR count). The van der Waals surface area contributed by atoms with Gasteiger partial charge in [0.15, 0.2) is 0 Å². The topological polar surface area (TPSA) is 71.0 Å². The highest BCUT2D eigenvalue weighted by atomic mass is 16.5. The smallest absolute Gasteiger partial charge is 0.267 e. The number of nitrogens with zero attached hydrogens (tertiary/aromatic N) is 2. The Bertz CT molecular complexity index is 598. The quantitative estimate of drug-likeness (QED) is 0.902. The predicted molar refractivity (Wildman–Crippen MR) is 83.6 cm³/mol. The van der Waals surface area contributed by atoms with E-state index in [1.807, 2.05) is 31.2 Å². The Hall–Kier alpha value is -2.37. The number of ether oxygens (including phenoxy) is 1. The number of rotatable bonds is 5. The van der Waals surface area contributed by atoms with Crippen molar-refractivity contribution in [2.24, 2.45) is 5.10 Å². The van der Waals surface area contributed by atoms with Crippen LogP contribution < -0.4 is 10.1 Å². The molecule has 22 heavy (non-hydrogen) atoms. The van der Waals surface area contributed by atoms with Crippen LogP contribution in [0.3, 0.4) is 0 Å². The fourth-order valence-corrected chi connectivity index (χ4v) is 2.43. The predicted octanol–water partition coefficient (Wildman–Crippen LogP) is 1.87. The third kappa shape index (κ3) is 3.44. The molecule has 0 fully saturated rings. The Morgan fingerprint density at radius 1 is 1.41 bits per heavy atom. The number of para-hydroxylation sites is 1. The van der Waals surface area contributed by atoms with Gasteiger partial charge in [-0.15, -0.1) is 0 Å². The normalized spacial score (nSPS) is 16.0. The summed E-state index contributed by atoms with van der Waals surface area (Å²) < 4.78 is 5.35. The lowest BCUT2D eigenvalue weighted by Crippen LogP contribution is -2.39. The van der Waals surface area contributed by atoms with Gasteiger partial charge in [0, 0.05) is 25.5 Å². The minimum absolute atomic E-state index is 0.0756. The molecule has 0 aromatic heterocycles. The molecule has 0 spiro atoms. The first kappa shape index (κ1) is 16.0. The van der Waals surface area contributed by atoms with Crippen molar-refractivity contribution >= 4 is 17.5 Å². The number of hydrogen-bond donors (Lipinski definition) is 1. The summed E-state index contributed by atoms with van der Waals surface area (Å²) in [7, 11) is 3.17. The molecule has 2 amide bonds. The molecule has 6 heteroatoms. The SMILES string of the molecule is CC[C@@H](NC(=O)C1=NN(C)C(=O)CC1)c1ccccc1OC. The molecule has 1 N–H and O–H groups in total. The number of hydrazone groups is 1. The van der Waals surface area contributed by atoms with Gasteiger partial charge in [-0.05, 0) is 12.5 Å². The van der Waals surface area contributed by atoms with E-state index in [0.717, 1.165) is 17.7 Å². The zero-order valence-corrected chi connectivity index (χ0v) is 13.1. The standard InChI is InChI=1S/C16H21N3O3/c1-4-12(11-7-5-6-8-14(11)22-3)17-16(21)13-9-10-15(20)19(2)18-13/h5-8,12H,4,9-10H2,1-3H3,(H,17,21)/t12-/m1/s1. The summed E-state index contributed by atoms with van der Waals surface area (Å²) in [5, 5.41) is 8.24. The number of methoxy groups -OCH3 is 1. The van der Waals surface area contributed by atoms with E-state index in [1.165, 1.54) is 5.01 Å². The molecule has 0 radical (unpaired) electrons. The maximum Gasteiger partial charge on any atom is 0.267 e. The van der Waals surface area contributed by atoms with Gasteiger partial charge >= 0.3 is 0 Å². The summed E-state index contributed by atoms with van der Waals surface area (Å²) in [4.78, 5) is 23.8. The minimum atomic E-state index is -0.239. The Morgan fingerprint density at radius 3 is 2.77 bits per heavy atom. The van der Waals surface area contributed by atoms with Crippen LogP contribution in [-0.2, 0) is 9.59 Å². The van der Waals surface area contributed by atoms with Crippen LogP contribution in [0.4, 0.5) is 0 Å². The highest BCUT2D eigenvalue weighted by Gasteiger charge is 2.24. The van der Waals surface area contributed by atoms with Crippen LogP contribution in [-0.4, -0.2) is 36.7 Å². The average molecular weight is 303 g/mol. The summed E-state index contributed by atoms with van der Waals surface area (Å²) in [6.45, 7) is 2.00. The van der Waals surface area contributed by atoms with E-state index in [2.05, 4.69) is 10.4 Å². The lowest BCUT2D eigenvalue weighted by atomic mass is 10.0. The van der Waals surface area contributed by atoms with Gasteiger partial charge in [0.1, 0.15) is 11.5 Å². The molecule has 0 aliphatic carbocycles. The van der Waals surface area contributed by atoms with E-state index in [0.29, 0.717) is 18.6 Å². The molecule has 118 valence electrons. The summed E-state index contributed by atoms with van der Waals surface area (Å²) in [5.41, 5.74) is 1.32. The lowest BCUT2D eigenvalue weighted by molar-refractivity contribution is -0.130. The highest BCUT2D eigenvalue weighted by Crippen LogP contribution is 2.26. The third-order valence-electron chi connectivity index (χ3n) is 3.70.